The van der Waals surface area contributed by atoms with E-state index in [1.165, 1.54) is 22.0 Å². The highest BCUT2D eigenvalue weighted by Crippen LogP contribution is 2.06. The first kappa shape index (κ1) is 15.6. The van der Waals surface area contributed by atoms with Crippen molar-refractivity contribution in [3.63, 3.8) is 0 Å². The molecule has 1 aromatic heterocycles. The Morgan fingerprint density at radius 2 is 2.20 bits per heavy atom. The Morgan fingerprint density at radius 1 is 1.50 bits per heavy atom. The molecular formula is C11H16N4O5. The van der Waals surface area contributed by atoms with Crippen LogP contribution in [0.5, 0.6) is 0 Å². The second-order valence-electron chi connectivity index (χ2n) is 4.29. The van der Waals surface area contributed by atoms with Crippen molar-refractivity contribution in [1.29, 1.82) is 0 Å². The van der Waals surface area contributed by atoms with Crippen LogP contribution < -0.4 is 0 Å². The Morgan fingerprint density at radius 3 is 2.75 bits per heavy atom. The van der Waals surface area contributed by atoms with Gasteiger partial charge in [0.25, 0.3) is 0 Å². The molecule has 9 heteroatoms. The minimum atomic E-state index is -0.892. The number of hydrogen-bond acceptors (Lipinski definition) is 5. The molecule has 9 nitrogen and oxygen atoms in total. The molecule has 0 bridgehead atoms. The maximum atomic E-state index is 11.7. The molecule has 0 radical (unpaired) electrons. The van der Waals surface area contributed by atoms with E-state index in [2.05, 4.69) is 4.98 Å². The number of rotatable bonds is 8. The van der Waals surface area contributed by atoms with Crippen molar-refractivity contribution in [3.05, 3.63) is 22.6 Å². The number of aliphatic carboxylic acids is 1. The van der Waals surface area contributed by atoms with E-state index in [9.17, 15) is 19.7 Å². The maximum absolute atomic E-state index is 11.7. The van der Waals surface area contributed by atoms with E-state index < -0.39 is 10.9 Å². The van der Waals surface area contributed by atoms with Gasteiger partial charge in [0.1, 0.15) is 6.20 Å². The molecule has 1 N–H and O–H groups in total. The Balaban J connectivity index is 2.34. The molecule has 0 saturated heterocycles. The van der Waals surface area contributed by atoms with Crippen LogP contribution in [-0.4, -0.2) is 49.9 Å². The Bertz CT molecular complexity index is 499. The number of carboxylic acid groups (broad SMARTS) is 1. The first-order valence-corrected chi connectivity index (χ1v) is 6.02. The smallest absolute Gasteiger partial charge is 0.381 e. The van der Waals surface area contributed by atoms with E-state index in [-0.39, 0.29) is 24.6 Å². The SMILES string of the molecule is CN(CCCC(=O)O)C(=O)CCn1cnc([N+](=O)[O-])c1. The quantitative estimate of drug-likeness (QED) is 0.548. The number of nitrogens with zero attached hydrogens (tertiary/aromatic N) is 4. The molecule has 0 atom stereocenters. The number of carbonyl (C=O) groups excluding carboxylic acids is 1. The summed E-state index contributed by atoms with van der Waals surface area (Å²) in [5, 5.41) is 18.9. The van der Waals surface area contributed by atoms with Gasteiger partial charge in [-0.3, -0.25) is 9.59 Å². The van der Waals surface area contributed by atoms with Crippen molar-refractivity contribution in [2.75, 3.05) is 13.6 Å². The molecular weight excluding hydrogens is 268 g/mol. The number of carboxylic acids is 1. The van der Waals surface area contributed by atoms with E-state index in [0.717, 1.165) is 0 Å². The van der Waals surface area contributed by atoms with Crippen molar-refractivity contribution in [1.82, 2.24) is 14.5 Å². The third-order valence-electron chi connectivity index (χ3n) is 2.70. The minimum Gasteiger partial charge on any atom is -0.481 e. The summed E-state index contributed by atoms with van der Waals surface area (Å²) < 4.78 is 1.47. The highest BCUT2D eigenvalue weighted by Gasteiger charge is 2.12. The van der Waals surface area contributed by atoms with E-state index in [4.69, 9.17) is 5.11 Å². The molecule has 0 fully saturated rings. The minimum absolute atomic E-state index is 0.0192. The van der Waals surface area contributed by atoms with Crippen LogP contribution in [-0.2, 0) is 16.1 Å². The molecule has 1 amide bonds. The number of aryl methyl sites for hydroxylation is 1. The van der Waals surface area contributed by atoms with Gasteiger partial charge in [-0.25, -0.2) is 0 Å². The highest BCUT2D eigenvalue weighted by molar-refractivity contribution is 5.75. The van der Waals surface area contributed by atoms with Crippen molar-refractivity contribution in [3.8, 4) is 0 Å². The Hall–Kier alpha value is -2.45. The van der Waals surface area contributed by atoms with Gasteiger partial charge in [-0.2, -0.15) is 0 Å². The third-order valence-corrected chi connectivity index (χ3v) is 2.70. The number of amides is 1. The lowest BCUT2D eigenvalue weighted by atomic mass is 10.3. The lowest BCUT2D eigenvalue weighted by Gasteiger charge is -2.16. The first-order valence-electron chi connectivity index (χ1n) is 6.02. The largest absolute Gasteiger partial charge is 0.481 e. The summed E-state index contributed by atoms with van der Waals surface area (Å²) in [6, 6.07) is 0. The van der Waals surface area contributed by atoms with E-state index in [0.29, 0.717) is 19.5 Å². The van der Waals surface area contributed by atoms with Gasteiger partial charge in [-0.1, -0.05) is 0 Å². The van der Waals surface area contributed by atoms with Gasteiger partial charge in [0.15, 0.2) is 0 Å². The molecule has 0 aliphatic rings. The van der Waals surface area contributed by atoms with Gasteiger partial charge < -0.3 is 24.7 Å². The number of hydrogen-bond donors (Lipinski definition) is 1. The molecule has 20 heavy (non-hydrogen) atoms. The fourth-order valence-corrected chi connectivity index (χ4v) is 1.57. The molecule has 0 spiro atoms. The zero-order valence-electron chi connectivity index (χ0n) is 11.1. The summed E-state index contributed by atoms with van der Waals surface area (Å²) in [5.41, 5.74) is 0. The van der Waals surface area contributed by atoms with Gasteiger partial charge >= 0.3 is 11.8 Å². The van der Waals surface area contributed by atoms with E-state index in [1.54, 1.807) is 7.05 Å². The van der Waals surface area contributed by atoms with Crippen molar-refractivity contribution < 1.29 is 19.6 Å². The van der Waals surface area contributed by atoms with E-state index in [1.807, 2.05) is 0 Å². The standard InChI is InChI=1S/C11H16N4O5/c1-13(5-2-3-11(17)18)10(16)4-6-14-7-9(12-8-14)15(19)20/h7-8H,2-6H2,1H3,(H,17,18). The number of aromatic nitrogens is 2. The molecule has 0 unspecified atom stereocenters. The topological polar surface area (TPSA) is 119 Å². The molecule has 0 saturated carbocycles. The Kier molecular flexibility index (Phi) is 5.63. The zero-order valence-corrected chi connectivity index (χ0v) is 11.1. The van der Waals surface area contributed by atoms with Gasteiger partial charge in [-0.15, -0.1) is 0 Å². The average Bonchev–Trinajstić information content (AvgIpc) is 2.84. The maximum Gasteiger partial charge on any atom is 0.381 e. The Labute approximate surface area is 115 Å². The fraction of sp³-hybridized carbons (Fsp3) is 0.545. The summed E-state index contributed by atoms with van der Waals surface area (Å²) in [7, 11) is 1.60. The van der Waals surface area contributed by atoms with Gasteiger partial charge in [0, 0.05) is 33.0 Å². The summed E-state index contributed by atoms with van der Waals surface area (Å²) in [6.07, 6.45) is 3.16. The van der Waals surface area contributed by atoms with E-state index >= 15 is 0 Å². The van der Waals surface area contributed by atoms with Crippen LogP contribution in [0.3, 0.4) is 0 Å². The number of imidazole rings is 1. The summed E-state index contributed by atoms with van der Waals surface area (Å²) in [5.74, 6) is -1.30. The summed E-state index contributed by atoms with van der Waals surface area (Å²) in [4.78, 5) is 37.0. The third kappa shape index (κ3) is 5.04. The summed E-state index contributed by atoms with van der Waals surface area (Å²) >= 11 is 0. The van der Waals surface area contributed by atoms with Crippen LogP contribution in [0.25, 0.3) is 0 Å². The molecule has 1 rings (SSSR count). The second kappa shape index (κ2) is 7.22. The first-order chi connectivity index (χ1) is 9.40. The monoisotopic (exact) mass is 284 g/mol. The van der Waals surface area contributed by atoms with Gasteiger partial charge in [0.05, 0.1) is 0 Å². The van der Waals surface area contributed by atoms with Crippen LogP contribution >= 0.6 is 0 Å². The van der Waals surface area contributed by atoms with Crippen LogP contribution in [0.1, 0.15) is 19.3 Å². The lowest BCUT2D eigenvalue weighted by molar-refractivity contribution is -0.389. The normalized spacial score (nSPS) is 10.2. The molecule has 0 aromatic carbocycles. The zero-order chi connectivity index (χ0) is 15.1. The van der Waals surface area contributed by atoms with Crippen molar-refractivity contribution >= 4 is 17.7 Å². The molecule has 0 aliphatic heterocycles. The van der Waals surface area contributed by atoms with Crippen LogP contribution in [0, 0.1) is 10.1 Å². The lowest BCUT2D eigenvalue weighted by Crippen LogP contribution is -2.28. The fourth-order valence-electron chi connectivity index (χ4n) is 1.57. The van der Waals surface area contributed by atoms with Gasteiger partial charge in [-0.05, 0) is 16.3 Å². The van der Waals surface area contributed by atoms with Crippen LogP contribution in [0.4, 0.5) is 5.82 Å². The molecule has 1 heterocycles. The number of carbonyl (C=O) groups is 2. The second-order valence-corrected chi connectivity index (χ2v) is 4.29. The summed E-state index contributed by atoms with van der Waals surface area (Å²) in [6.45, 7) is 0.665. The predicted molar refractivity (Wildman–Crippen MR) is 68.0 cm³/mol. The predicted octanol–water partition coefficient (Wildman–Crippen LogP) is 0.505. The van der Waals surface area contributed by atoms with Crippen LogP contribution in [0.15, 0.2) is 12.5 Å². The molecule has 0 aliphatic carbocycles. The number of nitro groups is 1. The van der Waals surface area contributed by atoms with Crippen LogP contribution in [0.2, 0.25) is 0 Å². The van der Waals surface area contributed by atoms with Gasteiger partial charge in [0.2, 0.25) is 12.2 Å². The molecule has 110 valence electrons. The average molecular weight is 284 g/mol. The highest BCUT2D eigenvalue weighted by atomic mass is 16.6. The molecule has 1 aromatic rings. The van der Waals surface area contributed by atoms with Crippen molar-refractivity contribution in [2.24, 2.45) is 0 Å². The van der Waals surface area contributed by atoms with Crippen molar-refractivity contribution in [2.45, 2.75) is 25.8 Å².